The van der Waals surface area contributed by atoms with Crippen molar-refractivity contribution in [3.63, 3.8) is 0 Å². The highest BCUT2D eigenvalue weighted by atomic mass is 35.5. The zero-order chi connectivity index (χ0) is 13.8. The van der Waals surface area contributed by atoms with E-state index >= 15 is 0 Å². The molecule has 100 valence electrons. The first-order valence-corrected chi connectivity index (χ1v) is 7.04. The monoisotopic (exact) mass is 314 g/mol. The second-order valence-electron chi connectivity index (χ2n) is 4.35. The van der Waals surface area contributed by atoms with Crippen LogP contribution < -0.4 is 0 Å². The lowest BCUT2D eigenvalue weighted by molar-refractivity contribution is 0.264. The molecule has 0 amide bonds. The molecule has 0 aliphatic rings. The van der Waals surface area contributed by atoms with Crippen LogP contribution >= 0.6 is 34.8 Å². The van der Waals surface area contributed by atoms with Crippen molar-refractivity contribution in [2.45, 2.75) is 12.3 Å². The fourth-order valence-electron chi connectivity index (χ4n) is 1.99. The van der Waals surface area contributed by atoms with E-state index in [1.807, 2.05) is 36.4 Å². The third kappa shape index (κ3) is 3.64. The third-order valence-electron chi connectivity index (χ3n) is 3.06. The molecule has 0 saturated carbocycles. The Balaban J connectivity index is 2.24. The summed E-state index contributed by atoms with van der Waals surface area (Å²) in [4.78, 5) is 0. The van der Waals surface area contributed by atoms with Gasteiger partial charge < -0.3 is 5.11 Å². The van der Waals surface area contributed by atoms with Crippen LogP contribution in [0.5, 0.6) is 0 Å². The van der Waals surface area contributed by atoms with Crippen LogP contribution in [0.4, 0.5) is 0 Å². The first-order valence-electron chi connectivity index (χ1n) is 5.91. The fourth-order valence-corrected chi connectivity index (χ4v) is 2.52. The van der Waals surface area contributed by atoms with Gasteiger partial charge in [0.05, 0.1) is 16.7 Å². The fraction of sp³-hybridized carbons (Fsp3) is 0.200. The molecule has 1 nitrogen and oxygen atoms in total. The zero-order valence-corrected chi connectivity index (χ0v) is 12.4. The highest BCUT2D eigenvalue weighted by molar-refractivity contribution is 6.42. The maximum Gasteiger partial charge on any atom is 0.0624 e. The molecular weight excluding hydrogens is 303 g/mol. The van der Waals surface area contributed by atoms with Crippen molar-refractivity contribution in [3.05, 3.63) is 68.7 Å². The van der Waals surface area contributed by atoms with Gasteiger partial charge in [-0.25, -0.2) is 0 Å². The summed E-state index contributed by atoms with van der Waals surface area (Å²) in [5.74, 6) is -0.0202. The van der Waals surface area contributed by atoms with Crippen LogP contribution in [0.3, 0.4) is 0 Å². The molecule has 1 atom stereocenters. The highest BCUT2D eigenvalue weighted by Crippen LogP contribution is 2.30. The summed E-state index contributed by atoms with van der Waals surface area (Å²) in [7, 11) is 0. The molecule has 0 saturated heterocycles. The average Bonchev–Trinajstić information content (AvgIpc) is 2.42. The minimum Gasteiger partial charge on any atom is -0.396 e. The van der Waals surface area contributed by atoms with E-state index in [0.29, 0.717) is 21.5 Å². The molecule has 2 aromatic rings. The molecule has 0 bridgehead atoms. The SMILES string of the molecule is OCC(Cc1cccc(Cl)c1Cl)c1ccc(Cl)cc1. The molecular formula is C15H13Cl3O. The molecule has 0 aliphatic heterocycles. The van der Waals surface area contributed by atoms with E-state index in [1.54, 1.807) is 6.07 Å². The van der Waals surface area contributed by atoms with Crippen molar-refractivity contribution in [2.75, 3.05) is 6.61 Å². The van der Waals surface area contributed by atoms with E-state index in [0.717, 1.165) is 11.1 Å². The summed E-state index contributed by atoms with van der Waals surface area (Å²) in [5, 5.41) is 11.3. The van der Waals surface area contributed by atoms with Gasteiger partial charge in [0.25, 0.3) is 0 Å². The standard InChI is InChI=1S/C15H13Cl3O/c16-13-6-4-10(5-7-13)12(9-19)8-11-2-1-3-14(17)15(11)18/h1-7,12,19H,8-9H2. The number of aliphatic hydroxyl groups is 1. The molecule has 1 unspecified atom stereocenters. The smallest absolute Gasteiger partial charge is 0.0624 e. The number of hydrogen-bond acceptors (Lipinski definition) is 1. The second kappa shape index (κ2) is 6.62. The molecule has 0 heterocycles. The van der Waals surface area contributed by atoms with Crippen molar-refractivity contribution < 1.29 is 5.11 Å². The summed E-state index contributed by atoms with van der Waals surface area (Å²) < 4.78 is 0. The number of benzene rings is 2. The second-order valence-corrected chi connectivity index (χ2v) is 5.57. The molecule has 0 spiro atoms. The molecule has 0 aliphatic carbocycles. The first-order chi connectivity index (χ1) is 9.11. The van der Waals surface area contributed by atoms with Gasteiger partial charge in [0.2, 0.25) is 0 Å². The Hall–Kier alpha value is -0.730. The number of aliphatic hydroxyl groups excluding tert-OH is 1. The average molecular weight is 316 g/mol. The predicted molar refractivity (Wildman–Crippen MR) is 81.4 cm³/mol. The van der Waals surface area contributed by atoms with Gasteiger partial charge in [0.1, 0.15) is 0 Å². The van der Waals surface area contributed by atoms with Crippen molar-refractivity contribution >= 4 is 34.8 Å². The van der Waals surface area contributed by atoms with Gasteiger partial charge in [0.15, 0.2) is 0 Å². The summed E-state index contributed by atoms with van der Waals surface area (Å²) in [6.45, 7) is 0.0461. The lowest BCUT2D eigenvalue weighted by atomic mass is 9.93. The number of rotatable bonds is 4. The highest BCUT2D eigenvalue weighted by Gasteiger charge is 2.14. The Kier molecular flexibility index (Phi) is 5.12. The third-order valence-corrected chi connectivity index (χ3v) is 4.17. The van der Waals surface area contributed by atoms with Gasteiger partial charge >= 0.3 is 0 Å². The van der Waals surface area contributed by atoms with Gasteiger partial charge in [-0.3, -0.25) is 0 Å². The van der Waals surface area contributed by atoms with Crippen molar-refractivity contribution in [3.8, 4) is 0 Å². The minimum atomic E-state index is -0.0202. The zero-order valence-electron chi connectivity index (χ0n) is 10.1. The summed E-state index contributed by atoms with van der Waals surface area (Å²) in [6, 6.07) is 13.0. The Labute approximate surface area is 127 Å². The predicted octanol–water partition coefficient (Wildman–Crippen LogP) is 4.97. The van der Waals surface area contributed by atoms with Crippen LogP contribution in [0.1, 0.15) is 17.0 Å². The molecule has 2 aromatic carbocycles. The molecule has 0 aromatic heterocycles. The Morgan fingerprint density at radius 1 is 0.947 bits per heavy atom. The van der Waals surface area contributed by atoms with E-state index in [9.17, 15) is 5.11 Å². The molecule has 19 heavy (non-hydrogen) atoms. The van der Waals surface area contributed by atoms with Crippen LogP contribution in [0, 0.1) is 0 Å². The Morgan fingerprint density at radius 3 is 2.26 bits per heavy atom. The van der Waals surface area contributed by atoms with Crippen LogP contribution in [0.25, 0.3) is 0 Å². The van der Waals surface area contributed by atoms with Gasteiger partial charge in [-0.05, 0) is 35.7 Å². The van der Waals surface area contributed by atoms with E-state index in [1.165, 1.54) is 0 Å². The molecule has 0 fully saturated rings. The topological polar surface area (TPSA) is 20.2 Å². The van der Waals surface area contributed by atoms with Gasteiger partial charge in [-0.2, -0.15) is 0 Å². The van der Waals surface area contributed by atoms with E-state index < -0.39 is 0 Å². The molecule has 0 radical (unpaired) electrons. The maximum atomic E-state index is 9.56. The lowest BCUT2D eigenvalue weighted by Gasteiger charge is -2.16. The van der Waals surface area contributed by atoms with Crippen LogP contribution in [0.15, 0.2) is 42.5 Å². The molecule has 1 N–H and O–H groups in total. The maximum absolute atomic E-state index is 9.56. The largest absolute Gasteiger partial charge is 0.396 e. The van der Waals surface area contributed by atoms with E-state index in [-0.39, 0.29) is 12.5 Å². The van der Waals surface area contributed by atoms with Crippen LogP contribution in [-0.2, 0) is 6.42 Å². The van der Waals surface area contributed by atoms with Crippen molar-refractivity contribution in [1.29, 1.82) is 0 Å². The Morgan fingerprint density at radius 2 is 1.63 bits per heavy atom. The van der Waals surface area contributed by atoms with Gasteiger partial charge in [0, 0.05) is 10.9 Å². The summed E-state index contributed by atoms with van der Waals surface area (Å²) in [5.41, 5.74) is 1.96. The lowest BCUT2D eigenvalue weighted by Crippen LogP contribution is -2.08. The molecule has 4 heteroatoms. The summed E-state index contributed by atoms with van der Waals surface area (Å²) >= 11 is 18.0. The minimum absolute atomic E-state index is 0.0202. The molecule has 2 rings (SSSR count). The van der Waals surface area contributed by atoms with Crippen molar-refractivity contribution in [1.82, 2.24) is 0 Å². The van der Waals surface area contributed by atoms with Crippen molar-refractivity contribution in [2.24, 2.45) is 0 Å². The normalized spacial score (nSPS) is 12.4. The van der Waals surface area contributed by atoms with E-state index in [4.69, 9.17) is 34.8 Å². The van der Waals surface area contributed by atoms with Gasteiger partial charge in [-0.1, -0.05) is 59.1 Å². The quantitative estimate of drug-likeness (QED) is 0.845. The summed E-state index contributed by atoms with van der Waals surface area (Å²) in [6.07, 6.45) is 0.636. The van der Waals surface area contributed by atoms with E-state index in [2.05, 4.69) is 0 Å². The van der Waals surface area contributed by atoms with Crippen LogP contribution in [-0.4, -0.2) is 11.7 Å². The number of halogens is 3. The van der Waals surface area contributed by atoms with Gasteiger partial charge in [-0.15, -0.1) is 0 Å². The van der Waals surface area contributed by atoms with Crippen LogP contribution in [0.2, 0.25) is 15.1 Å². The number of hydrogen-bond donors (Lipinski definition) is 1. The Bertz CT molecular complexity index is 552. The first kappa shape index (κ1) is 14.7.